The lowest BCUT2D eigenvalue weighted by atomic mass is 9.96. The fraction of sp³-hybridized carbons (Fsp3) is 0.216. The van der Waals surface area contributed by atoms with Gasteiger partial charge >= 0.3 is 0 Å². The molecule has 0 atom stereocenters. The number of aryl methyl sites for hydroxylation is 1. The van der Waals surface area contributed by atoms with E-state index in [2.05, 4.69) is 126 Å². The Balaban J connectivity index is 1.28. The highest BCUT2D eigenvalue weighted by Gasteiger charge is 2.30. The first-order valence-electron chi connectivity index (χ1n) is 14.6. The third-order valence-electron chi connectivity index (χ3n) is 8.35. The van der Waals surface area contributed by atoms with E-state index in [1.807, 2.05) is 17.0 Å². The van der Waals surface area contributed by atoms with Crippen molar-refractivity contribution in [2.45, 2.75) is 19.9 Å². The molecule has 1 saturated heterocycles. The lowest BCUT2D eigenvalue weighted by Crippen LogP contribution is -2.50. The Morgan fingerprint density at radius 1 is 0.714 bits per heavy atom. The van der Waals surface area contributed by atoms with Crippen LogP contribution in [0.2, 0.25) is 0 Å². The quantitative estimate of drug-likeness (QED) is 0.211. The number of hydrogen-bond acceptors (Lipinski definition) is 3. The number of piperazine rings is 1. The third kappa shape index (κ3) is 5.48. The molecule has 0 bridgehead atoms. The summed E-state index contributed by atoms with van der Waals surface area (Å²) in [6.07, 6.45) is 0. The Hall–Kier alpha value is -4.61. The number of methoxy groups -OCH3 is 1. The van der Waals surface area contributed by atoms with Crippen molar-refractivity contribution in [3.8, 4) is 22.7 Å². The molecule has 1 aromatic heterocycles. The van der Waals surface area contributed by atoms with Crippen molar-refractivity contribution < 1.29 is 9.53 Å². The van der Waals surface area contributed by atoms with Crippen molar-refractivity contribution in [3.63, 3.8) is 0 Å². The molecular formula is C37H37N3O2. The van der Waals surface area contributed by atoms with Gasteiger partial charge in [0.25, 0.3) is 5.91 Å². The summed E-state index contributed by atoms with van der Waals surface area (Å²) in [5.74, 6) is 0.895. The average molecular weight is 556 g/mol. The van der Waals surface area contributed by atoms with Crippen LogP contribution in [0.4, 0.5) is 0 Å². The van der Waals surface area contributed by atoms with Crippen molar-refractivity contribution in [1.82, 2.24) is 14.4 Å². The van der Waals surface area contributed by atoms with E-state index in [9.17, 15) is 4.79 Å². The van der Waals surface area contributed by atoms with Gasteiger partial charge in [-0.1, -0.05) is 78.4 Å². The molecule has 42 heavy (non-hydrogen) atoms. The summed E-state index contributed by atoms with van der Waals surface area (Å²) in [6, 6.07) is 40.1. The van der Waals surface area contributed by atoms with Crippen molar-refractivity contribution in [3.05, 3.63) is 143 Å². The van der Waals surface area contributed by atoms with E-state index in [1.54, 1.807) is 7.11 Å². The third-order valence-corrected chi connectivity index (χ3v) is 8.35. The molecule has 1 fully saturated rings. The van der Waals surface area contributed by atoms with Crippen LogP contribution in [0.3, 0.4) is 0 Å². The number of carbonyl (C=O) groups is 1. The molecule has 0 aliphatic carbocycles. The van der Waals surface area contributed by atoms with Crippen molar-refractivity contribution in [1.29, 1.82) is 0 Å². The second-order valence-corrected chi connectivity index (χ2v) is 11.0. The van der Waals surface area contributed by atoms with E-state index in [4.69, 9.17) is 4.74 Å². The van der Waals surface area contributed by atoms with Crippen LogP contribution in [0.15, 0.2) is 115 Å². The Kier molecular flexibility index (Phi) is 7.93. The summed E-state index contributed by atoms with van der Waals surface area (Å²) in [5, 5.41) is 0. The molecule has 1 aliphatic rings. The topological polar surface area (TPSA) is 37.7 Å². The van der Waals surface area contributed by atoms with Gasteiger partial charge < -0.3 is 14.2 Å². The highest BCUT2D eigenvalue weighted by molar-refractivity contribution is 5.97. The van der Waals surface area contributed by atoms with Crippen LogP contribution in [0.1, 0.15) is 38.8 Å². The molecule has 4 aromatic carbocycles. The summed E-state index contributed by atoms with van der Waals surface area (Å²) < 4.78 is 7.59. The summed E-state index contributed by atoms with van der Waals surface area (Å²) in [4.78, 5) is 18.6. The van der Waals surface area contributed by atoms with Gasteiger partial charge in [0.15, 0.2) is 0 Å². The highest BCUT2D eigenvalue weighted by atomic mass is 16.5. The fourth-order valence-corrected chi connectivity index (χ4v) is 6.06. The molecule has 0 radical (unpaired) electrons. The number of nitrogens with zero attached hydrogens (tertiary/aromatic N) is 3. The minimum Gasteiger partial charge on any atom is -0.497 e. The largest absolute Gasteiger partial charge is 0.497 e. The first-order valence-corrected chi connectivity index (χ1v) is 14.6. The lowest BCUT2D eigenvalue weighted by molar-refractivity contribution is 0.0596. The van der Waals surface area contributed by atoms with E-state index in [0.717, 1.165) is 47.0 Å². The number of ether oxygens (including phenoxy) is 1. The first-order chi connectivity index (χ1) is 20.5. The molecule has 0 N–H and O–H groups in total. The van der Waals surface area contributed by atoms with Crippen LogP contribution >= 0.6 is 0 Å². The normalized spacial score (nSPS) is 13.9. The fourth-order valence-electron chi connectivity index (χ4n) is 6.06. The van der Waals surface area contributed by atoms with Crippen LogP contribution in [-0.2, 0) is 0 Å². The second-order valence-electron chi connectivity index (χ2n) is 11.0. The number of benzene rings is 4. The Morgan fingerprint density at radius 2 is 1.29 bits per heavy atom. The maximum absolute atomic E-state index is 14.1. The van der Waals surface area contributed by atoms with Crippen molar-refractivity contribution in [2.75, 3.05) is 33.3 Å². The van der Waals surface area contributed by atoms with E-state index in [-0.39, 0.29) is 11.9 Å². The minimum atomic E-state index is 0.0868. The Bertz CT molecular complexity index is 1590. The standard InChI is InChI=1S/C37H37N3O2/c1-27-14-18-32(19-15-27)40-28(2)34(26-35(40)29-16-20-33(42-3)21-17-29)37(41)39-24-22-38(23-25-39)36(30-10-6-4-7-11-30)31-12-8-5-9-13-31/h4-21,26,36H,22-25H2,1-3H3. The minimum absolute atomic E-state index is 0.0868. The van der Waals surface area contributed by atoms with Crippen LogP contribution in [-0.4, -0.2) is 53.6 Å². The molecule has 0 unspecified atom stereocenters. The number of hydrogen-bond donors (Lipinski definition) is 0. The maximum Gasteiger partial charge on any atom is 0.255 e. The van der Waals surface area contributed by atoms with Crippen LogP contribution < -0.4 is 4.74 Å². The molecule has 5 aromatic rings. The molecule has 1 amide bonds. The van der Waals surface area contributed by atoms with Gasteiger partial charge in [0.1, 0.15) is 5.75 Å². The van der Waals surface area contributed by atoms with Gasteiger partial charge in [0.05, 0.1) is 24.4 Å². The predicted molar refractivity (Wildman–Crippen MR) is 169 cm³/mol. The number of carbonyl (C=O) groups excluding carboxylic acids is 1. The van der Waals surface area contributed by atoms with E-state index in [1.165, 1.54) is 16.7 Å². The van der Waals surface area contributed by atoms with Gasteiger partial charge in [-0.15, -0.1) is 0 Å². The number of amides is 1. The average Bonchev–Trinajstić information content (AvgIpc) is 3.39. The summed E-state index contributed by atoms with van der Waals surface area (Å²) in [5.41, 5.74) is 8.53. The molecular weight excluding hydrogens is 518 g/mol. The van der Waals surface area contributed by atoms with Gasteiger partial charge in [-0.3, -0.25) is 9.69 Å². The van der Waals surface area contributed by atoms with Gasteiger partial charge in [0.2, 0.25) is 0 Å². The molecule has 5 heteroatoms. The SMILES string of the molecule is COc1ccc(-c2cc(C(=O)N3CCN(C(c4ccccc4)c4ccccc4)CC3)c(C)n2-c2ccc(C)cc2)cc1. The Labute approximate surface area is 248 Å². The summed E-state index contributed by atoms with van der Waals surface area (Å²) >= 11 is 0. The van der Waals surface area contributed by atoms with Gasteiger partial charge in [-0.25, -0.2) is 0 Å². The highest BCUT2D eigenvalue weighted by Crippen LogP contribution is 2.33. The van der Waals surface area contributed by atoms with Crippen molar-refractivity contribution in [2.24, 2.45) is 0 Å². The van der Waals surface area contributed by atoms with Crippen LogP contribution in [0.5, 0.6) is 5.75 Å². The molecule has 0 spiro atoms. The number of rotatable bonds is 7. The molecule has 2 heterocycles. The molecule has 6 rings (SSSR count). The molecule has 5 nitrogen and oxygen atoms in total. The van der Waals surface area contributed by atoms with E-state index < -0.39 is 0 Å². The number of aromatic nitrogens is 1. The zero-order valence-electron chi connectivity index (χ0n) is 24.5. The molecule has 0 saturated carbocycles. The molecule has 1 aliphatic heterocycles. The van der Waals surface area contributed by atoms with Gasteiger partial charge in [0, 0.05) is 37.6 Å². The predicted octanol–water partition coefficient (Wildman–Crippen LogP) is 7.32. The second kappa shape index (κ2) is 12.1. The molecule has 212 valence electrons. The van der Waals surface area contributed by atoms with Gasteiger partial charge in [-0.2, -0.15) is 0 Å². The van der Waals surface area contributed by atoms with Gasteiger partial charge in [-0.05, 0) is 73.0 Å². The Morgan fingerprint density at radius 3 is 1.83 bits per heavy atom. The lowest BCUT2D eigenvalue weighted by Gasteiger charge is -2.39. The van der Waals surface area contributed by atoms with Crippen LogP contribution in [0, 0.1) is 13.8 Å². The summed E-state index contributed by atoms with van der Waals surface area (Å²) in [7, 11) is 1.67. The smallest absolute Gasteiger partial charge is 0.255 e. The monoisotopic (exact) mass is 555 g/mol. The maximum atomic E-state index is 14.1. The zero-order valence-corrected chi connectivity index (χ0v) is 24.5. The van der Waals surface area contributed by atoms with Crippen LogP contribution in [0.25, 0.3) is 16.9 Å². The zero-order chi connectivity index (χ0) is 29.1. The van der Waals surface area contributed by atoms with E-state index >= 15 is 0 Å². The van der Waals surface area contributed by atoms with Crippen molar-refractivity contribution >= 4 is 5.91 Å². The summed E-state index contributed by atoms with van der Waals surface area (Å²) in [6.45, 7) is 7.12. The van der Waals surface area contributed by atoms with E-state index in [0.29, 0.717) is 13.1 Å². The first kappa shape index (κ1) is 27.6.